The van der Waals surface area contributed by atoms with Crippen LogP contribution in [-0.4, -0.2) is 29.9 Å². The van der Waals surface area contributed by atoms with Crippen molar-refractivity contribution in [3.8, 4) is 0 Å². The van der Waals surface area contributed by atoms with Gasteiger partial charge in [-0.25, -0.2) is 4.79 Å². The van der Waals surface area contributed by atoms with Gasteiger partial charge in [0.15, 0.2) is 5.78 Å². The lowest BCUT2D eigenvalue weighted by atomic mass is 9.82. The molecule has 0 unspecified atom stereocenters. The van der Waals surface area contributed by atoms with Crippen LogP contribution in [0.5, 0.6) is 0 Å². The summed E-state index contributed by atoms with van der Waals surface area (Å²) in [5, 5.41) is 0. The molecule has 0 fully saturated rings. The van der Waals surface area contributed by atoms with Crippen LogP contribution >= 0.6 is 0 Å². The molecule has 2 bridgehead atoms. The Morgan fingerprint density at radius 3 is 2.56 bits per heavy atom. The van der Waals surface area contributed by atoms with Crippen molar-refractivity contribution in [1.29, 1.82) is 0 Å². The lowest BCUT2D eigenvalue weighted by molar-refractivity contribution is -0.156. The lowest BCUT2D eigenvalue weighted by Gasteiger charge is -2.33. The first kappa shape index (κ1) is 21.1. The zero-order valence-electron chi connectivity index (χ0n) is 16.9. The average molecular weight is 374 g/mol. The fourth-order valence-electron chi connectivity index (χ4n) is 3.84. The SMILES string of the molecule is CC(=O)O[C@H]1C/C(C)=C/CC/C(C)=C\C(=O)CC2=C[C@H](OC2=O)[C@H]1C(C)C. The highest BCUT2D eigenvalue weighted by molar-refractivity contribution is 6.01. The summed E-state index contributed by atoms with van der Waals surface area (Å²) >= 11 is 0. The van der Waals surface area contributed by atoms with Gasteiger partial charge in [0.05, 0.1) is 0 Å². The van der Waals surface area contributed by atoms with Gasteiger partial charge in [-0.1, -0.05) is 31.1 Å². The van der Waals surface area contributed by atoms with E-state index in [-0.39, 0.29) is 36.1 Å². The molecule has 0 amide bonds. The van der Waals surface area contributed by atoms with Crippen LogP contribution in [0.1, 0.15) is 60.3 Å². The Bertz CT molecular complexity index is 695. The molecule has 1 heterocycles. The zero-order chi connectivity index (χ0) is 20.1. The van der Waals surface area contributed by atoms with Gasteiger partial charge in [-0.2, -0.15) is 0 Å². The maximum absolute atomic E-state index is 12.3. The number of hydrogen-bond donors (Lipinski definition) is 0. The van der Waals surface area contributed by atoms with Gasteiger partial charge < -0.3 is 9.47 Å². The predicted octanol–water partition coefficient (Wildman–Crippen LogP) is 4.08. The molecule has 1 aliphatic heterocycles. The number of allylic oxidation sites excluding steroid dienone is 3. The summed E-state index contributed by atoms with van der Waals surface area (Å²) in [7, 11) is 0. The molecule has 0 aromatic carbocycles. The van der Waals surface area contributed by atoms with Gasteiger partial charge in [-0.3, -0.25) is 9.59 Å². The van der Waals surface area contributed by atoms with E-state index in [4.69, 9.17) is 9.47 Å². The number of hydrogen-bond acceptors (Lipinski definition) is 5. The summed E-state index contributed by atoms with van der Waals surface area (Å²) < 4.78 is 11.2. The number of fused-ring (bicyclic) bond motifs is 1. The van der Waals surface area contributed by atoms with Crippen molar-refractivity contribution in [3.05, 3.63) is 34.9 Å². The Hall–Kier alpha value is -2.17. The van der Waals surface area contributed by atoms with Crippen molar-refractivity contribution in [2.24, 2.45) is 11.8 Å². The summed E-state index contributed by atoms with van der Waals surface area (Å²) in [6, 6.07) is 0. The zero-order valence-corrected chi connectivity index (χ0v) is 16.9. The maximum atomic E-state index is 12.3. The van der Waals surface area contributed by atoms with Crippen LogP contribution in [-0.2, 0) is 23.9 Å². The normalized spacial score (nSPS) is 31.2. The molecule has 5 nitrogen and oxygen atoms in total. The molecule has 3 atom stereocenters. The number of esters is 2. The molecule has 0 aromatic rings. The number of rotatable bonds is 2. The molecular formula is C22H30O5. The van der Waals surface area contributed by atoms with E-state index >= 15 is 0 Å². The number of carbonyl (C=O) groups is 3. The van der Waals surface area contributed by atoms with Gasteiger partial charge in [0.25, 0.3) is 0 Å². The molecule has 0 saturated carbocycles. The molecule has 2 rings (SSSR count). The van der Waals surface area contributed by atoms with Gasteiger partial charge in [-0.05, 0) is 44.8 Å². The number of ketones is 1. The van der Waals surface area contributed by atoms with Crippen molar-refractivity contribution >= 4 is 17.7 Å². The molecule has 0 N–H and O–H groups in total. The summed E-state index contributed by atoms with van der Waals surface area (Å²) in [5.74, 6) is -0.933. The molecule has 27 heavy (non-hydrogen) atoms. The minimum atomic E-state index is -0.495. The largest absolute Gasteiger partial charge is 0.462 e. The minimum absolute atomic E-state index is 0.0462. The topological polar surface area (TPSA) is 69.7 Å². The summed E-state index contributed by atoms with van der Waals surface area (Å²) in [5.41, 5.74) is 2.50. The monoisotopic (exact) mass is 374 g/mol. The second-order valence-corrected chi connectivity index (χ2v) is 7.96. The molecule has 0 spiro atoms. The Kier molecular flexibility index (Phi) is 7.17. The average Bonchev–Trinajstić information content (AvgIpc) is 2.85. The molecule has 0 saturated heterocycles. The Morgan fingerprint density at radius 1 is 1.22 bits per heavy atom. The number of carbonyl (C=O) groups excluding carboxylic acids is 3. The standard InChI is InChI=1S/C22H30O5/c1-13(2)21-19(26-16(5)23)10-15(4)8-6-7-14(3)9-18(24)11-17-12-20(21)27-22(17)25/h8-9,12-13,19-21H,6-7,10-11H2,1-5H3/b14-9-,15-8+/t19-,20-,21-/m0/s1. The van der Waals surface area contributed by atoms with Gasteiger partial charge in [0.1, 0.15) is 12.2 Å². The van der Waals surface area contributed by atoms with E-state index in [0.29, 0.717) is 12.0 Å². The van der Waals surface area contributed by atoms with Crippen LogP contribution in [0.4, 0.5) is 0 Å². The highest BCUT2D eigenvalue weighted by Crippen LogP contribution is 2.34. The van der Waals surface area contributed by atoms with Crippen LogP contribution < -0.4 is 0 Å². The summed E-state index contributed by atoms with van der Waals surface area (Å²) in [4.78, 5) is 36.3. The third-order valence-corrected chi connectivity index (χ3v) is 5.09. The molecule has 1 aliphatic carbocycles. The predicted molar refractivity (Wildman–Crippen MR) is 103 cm³/mol. The highest BCUT2D eigenvalue weighted by atomic mass is 16.6. The van der Waals surface area contributed by atoms with E-state index in [1.54, 1.807) is 12.2 Å². The smallest absolute Gasteiger partial charge is 0.334 e. The fraction of sp³-hybridized carbons (Fsp3) is 0.591. The molecule has 2 aliphatic rings. The van der Waals surface area contributed by atoms with Gasteiger partial charge in [0.2, 0.25) is 0 Å². The van der Waals surface area contributed by atoms with Gasteiger partial charge in [0, 0.05) is 31.3 Å². The summed E-state index contributed by atoms with van der Waals surface area (Å²) in [6.45, 7) is 9.40. The van der Waals surface area contributed by atoms with E-state index in [9.17, 15) is 14.4 Å². The van der Waals surface area contributed by atoms with Crippen molar-refractivity contribution in [2.75, 3.05) is 0 Å². The van der Waals surface area contributed by atoms with E-state index < -0.39 is 12.1 Å². The molecule has 0 radical (unpaired) electrons. The van der Waals surface area contributed by atoms with E-state index in [0.717, 1.165) is 24.0 Å². The molecule has 5 heteroatoms. The van der Waals surface area contributed by atoms with Crippen molar-refractivity contribution in [3.63, 3.8) is 0 Å². The van der Waals surface area contributed by atoms with Gasteiger partial charge >= 0.3 is 11.9 Å². The van der Waals surface area contributed by atoms with E-state index in [1.165, 1.54) is 6.92 Å². The third kappa shape index (κ3) is 5.91. The van der Waals surface area contributed by atoms with Gasteiger partial charge in [-0.15, -0.1) is 0 Å². The Labute approximate surface area is 161 Å². The first-order valence-electron chi connectivity index (χ1n) is 9.62. The molecule has 0 aromatic heterocycles. The van der Waals surface area contributed by atoms with Crippen LogP contribution in [0, 0.1) is 11.8 Å². The Balaban J connectivity index is 2.43. The quantitative estimate of drug-likeness (QED) is 0.538. The second kappa shape index (κ2) is 9.16. The van der Waals surface area contributed by atoms with Crippen molar-refractivity contribution in [2.45, 2.75) is 72.5 Å². The second-order valence-electron chi connectivity index (χ2n) is 7.96. The van der Waals surface area contributed by atoms with Crippen LogP contribution in [0.3, 0.4) is 0 Å². The lowest BCUT2D eigenvalue weighted by Crippen LogP contribution is -2.38. The Morgan fingerprint density at radius 2 is 1.93 bits per heavy atom. The maximum Gasteiger partial charge on any atom is 0.334 e. The van der Waals surface area contributed by atoms with Crippen molar-refractivity contribution < 1.29 is 23.9 Å². The first-order valence-corrected chi connectivity index (χ1v) is 9.62. The van der Waals surface area contributed by atoms with Crippen molar-refractivity contribution in [1.82, 2.24) is 0 Å². The van der Waals surface area contributed by atoms with Crippen LogP contribution in [0.25, 0.3) is 0 Å². The first-order chi connectivity index (χ1) is 12.7. The molecule has 148 valence electrons. The van der Waals surface area contributed by atoms with Crippen LogP contribution in [0.2, 0.25) is 0 Å². The minimum Gasteiger partial charge on any atom is -0.462 e. The summed E-state index contributed by atoms with van der Waals surface area (Å²) in [6.07, 6.45) is 6.86. The van der Waals surface area contributed by atoms with E-state index in [2.05, 4.69) is 6.08 Å². The molecular weight excluding hydrogens is 344 g/mol. The fourth-order valence-corrected chi connectivity index (χ4v) is 3.84. The van der Waals surface area contributed by atoms with Crippen LogP contribution in [0.15, 0.2) is 34.9 Å². The highest BCUT2D eigenvalue weighted by Gasteiger charge is 2.39. The number of ether oxygens (including phenoxy) is 2. The van der Waals surface area contributed by atoms with E-state index in [1.807, 2.05) is 27.7 Å². The third-order valence-electron chi connectivity index (χ3n) is 5.09.